The van der Waals surface area contributed by atoms with E-state index in [1.54, 1.807) is 27.0 Å². The Morgan fingerprint density at radius 2 is 2.11 bits per heavy atom. The summed E-state index contributed by atoms with van der Waals surface area (Å²) in [6.45, 7) is 4.15. The molecule has 0 atom stereocenters. The Balaban J connectivity index is 2.63. The van der Waals surface area contributed by atoms with E-state index in [0.29, 0.717) is 24.4 Å². The van der Waals surface area contributed by atoms with Crippen molar-refractivity contribution in [1.82, 2.24) is 9.88 Å². The maximum Gasteiger partial charge on any atom is 0.307 e. The number of nitrogens with zero attached hydrogens (tertiary/aromatic N) is 2. The number of halogens is 1. The van der Waals surface area contributed by atoms with Crippen LogP contribution in [0.4, 0.5) is 0 Å². The molecule has 1 amide bonds. The Hall–Kier alpha value is -1.62. The highest BCUT2D eigenvalue weighted by Gasteiger charge is 2.14. The summed E-state index contributed by atoms with van der Waals surface area (Å²) in [7, 11) is 1.63. The van der Waals surface area contributed by atoms with Gasteiger partial charge in [-0.3, -0.25) is 9.59 Å². The van der Waals surface area contributed by atoms with Crippen LogP contribution in [0.5, 0.6) is 0 Å². The predicted octanol–water partition coefficient (Wildman–Crippen LogP) is 2.07. The van der Waals surface area contributed by atoms with Crippen LogP contribution in [0.2, 0.25) is 5.15 Å². The second-order valence-corrected chi connectivity index (χ2v) is 4.49. The lowest BCUT2D eigenvalue weighted by Gasteiger charge is -2.17. The summed E-state index contributed by atoms with van der Waals surface area (Å²) < 4.78 is 4.81. The number of carbonyl (C=O) groups is 2. The lowest BCUT2D eigenvalue weighted by atomic mass is 10.2. The zero-order chi connectivity index (χ0) is 14.4. The molecule has 0 unspecified atom stereocenters. The zero-order valence-electron chi connectivity index (χ0n) is 11.3. The molecular formula is C13H17ClN2O3. The van der Waals surface area contributed by atoms with Gasteiger partial charge in [0.15, 0.2) is 0 Å². The molecule has 0 aliphatic rings. The number of ether oxygens (including phenoxy) is 1. The maximum atomic E-state index is 12.1. The van der Waals surface area contributed by atoms with Gasteiger partial charge in [0.2, 0.25) is 0 Å². The van der Waals surface area contributed by atoms with Crippen molar-refractivity contribution in [3.8, 4) is 0 Å². The van der Waals surface area contributed by atoms with Crippen LogP contribution >= 0.6 is 11.6 Å². The second kappa shape index (κ2) is 7.09. The minimum atomic E-state index is -0.314. The number of aryl methyl sites for hydroxylation is 1. The van der Waals surface area contributed by atoms with E-state index < -0.39 is 0 Å². The first-order valence-electron chi connectivity index (χ1n) is 5.99. The molecule has 1 aromatic heterocycles. The van der Waals surface area contributed by atoms with E-state index in [9.17, 15) is 9.59 Å². The normalized spacial score (nSPS) is 10.1. The molecule has 0 spiro atoms. The Morgan fingerprint density at radius 1 is 1.42 bits per heavy atom. The molecule has 0 saturated heterocycles. The number of esters is 1. The number of aromatic nitrogens is 1. The molecule has 0 N–H and O–H groups in total. The quantitative estimate of drug-likeness (QED) is 0.613. The largest absolute Gasteiger partial charge is 0.466 e. The fourth-order valence-corrected chi connectivity index (χ4v) is 1.82. The number of carbonyl (C=O) groups excluding carboxylic acids is 2. The summed E-state index contributed by atoms with van der Waals surface area (Å²) in [5.74, 6) is -0.511. The van der Waals surface area contributed by atoms with Crippen molar-refractivity contribution < 1.29 is 14.3 Å². The Morgan fingerprint density at radius 3 is 2.68 bits per heavy atom. The average molecular weight is 285 g/mol. The van der Waals surface area contributed by atoms with Gasteiger partial charge in [0, 0.05) is 24.8 Å². The highest BCUT2D eigenvalue weighted by molar-refractivity contribution is 6.29. The number of pyridine rings is 1. The van der Waals surface area contributed by atoms with E-state index in [0.717, 1.165) is 0 Å². The molecule has 0 aliphatic carbocycles. The molecular weight excluding hydrogens is 268 g/mol. The minimum Gasteiger partial charge on any atom is -0.466 e. The smallest absolute Gasteiger partial charge is 0.307 e. The van der Waals surface area contributed by atoms with Crippen molar-refractivity contribution in [2.45, 2.75) is 20.3 Å². The second-order valence-electron chi connectivity index (χ2n) is 4.10. The standard InChI is InChI=1S/C13H17ClN2O3/c1-4-19-12(17)5-6-16(3)13(18)10-7-9(2)15-11(14)8-10/h7-8H,4-6H2,1-3H3. The molecule has 0 bridgehead atoms. The molecule has 1 aromatic rings. The molecule has 0 aliphatic heterocycles. The van der Waals surface area contributed by atoms with Crippen molar-refractivity contribution in [3.63, 3.8) is 0 Å². The summed E-state index contributed by atoms with van der Waals surface area (Å²) in [6.07, 6.45) is 0.174. The fraction of sp³-hybridized carbons (Fsp3) is 0.462. The molecule has 0 aromatic carbocycles. The molecule has 0 saturated carbocycles. The SMILES string of the molecule is CCOC(=O)CCN(C)C(=O)c1cc(C)nc(Cl)c1. The van der Waals surface area contributed by atoms with Gasteiger partial charge in [0.05, 0.1) is 13.0 Å². The van der Waals surface area contributed by atoms with Gasteiger partial charge in [0.25, 0.3) is 5.91 Å². The summed E-state index contributed by atoms with van der Waals surface area (Å²) in [4.78, 5) is 28.8. The topological polar surface area (TPSA) is 59.5 Å². The number of hydrogen-bond acceptors (Lipinski definition) is 4. The Kier molecular flexibility index (Phi) is 5.76. The van der Waals surface area contributed by atoms with Crippen molar-refractivity contribution >= 4 is 23.5 Å². The first-order chi connectivity index (χ1) is 8.93. The summed E-state index contributed by atoms with van der Waals surface area (Å²) in [6, 6.07) is 3.17. The zero-order valence-corrected chi connectivity index (χ0v) is 12.0. The van der Waals surface area contributed by atoms with Gasteiger partial charge < -0.3 is 9.64 Å². The van der Waals surface area contributed by atoms with Gasteiger partial charge in [-0.05, 0) is 26.0 Å². The highest BCUT2D eigenvalue weighted by Crippen LogP contribution is 2.12. The Bertz CT molecular complexity index is 457. The minimum absolute atomic E-state index is 0.174. The van der Waals surface area contributed by atoms with Crippen molar-refractivity contribution in [1.29, 1.82) is 0 Å². The molecule has 104 valence electrons. The van der Waals surface area contributed by atoms with Crippen LogP contribution in [0.3, 0.4) is 0 Å². The van der Waals surface area contributed by atoms with Gasteiger partial charge in [-0.15, -0.1) is 0 Å². The fourth-order valence-electron chi connectivity index (χ4n) is 1.57. The third-order valence-corrected chi connectivity index (χ3v) is 2.67. The molecule has 1 rings (SSSR count). The summed E-state index contributed by atoms with van der Waals surface area (Å²) >= 11 is 5.81. The summed E-state index contributed by atoms with van der Waals surface area (Å²) in [5, 5.41) is 0.280. The molecule has 6 heteroatoms. The third kappa shape index (κ3) is 4.87. The number of hydrogen-bond donors (Lipinski definition) is 0. The van der Waals surface area contributed by atoms with Gasteiger partial charge in [0.1, 0.15) is 5.15 Å². The van der Waals surface area contributed by atoms with E-state index in [1.165, 1.54) is 11.0 Å². The van der Waals surface area contributed by atoms with Gasteiger partial charge in [-0.2, -0.15) is 0 Å². The lowest BCUT2D eigenvalue weighted by Crippen LogP contribution is -2.29. The van der Waals surface area contributed by atoms with Crippen molar-refractivity contribution in [2.75, 3.05) is 20.2 Å². The number of amides is 1. The van der Waals surface area contributed by atoms with Crippen LogP contribution in [-0.4, -0.2) is 42.0 Å². The predicted molar refractivity (Wildman–Crippen MR) is 72.2 cm³/mol. The van der Waals surface area contributed by atoms with E-state index in [1.807, 2.05) is 0 Å². The van der Waals surface area contributed by atoms with Crippen LogP contribution in [-0.2, 0) is 9.53 Å². The third-order valence-electron chi connectivity index (χ3n) is 2.47. The maximum absolute atomic E-state index is 12.1. The van der Waals surface area contributed by atoms with E-state index >= 15 is 0 Å². The Labute approximate surface area is 117 Å². The van der Waals surface area contributed by atoms with Crippen LogP contribution in [0.15, 0.2) is 12.1 Å². The molecule has 1 heterocycles. The average Bonchev–Trinajstić information content (AvgIpc) is 2.34. The molecule has 0 radical (unpaired) electrons. The monoisotopic (exact) mass is 284 g/mol. The molecule has 5 nitrogen and oxygen atoms in total. The van der Waals surface area contributed by atoms with E-state index in [2.05, 4.69) is 4.98 Å². The van der Waals surface area contributed by atoms with Crippen LogP contribution in [0.1, 0.15) is 29.4 Å². The van der Waals surface area contributed by atoms with Gasteiger partial charge in [-0.1, -0.05) is 11.6 Å². The van der Waals surface area contributed by atoms with E-state index in [4.69, 9.17) is 16.3 Å². The molecule has 0 fully saturated rings. The van der Waals surface area contributed by atoms with Crippen LogP contribution < -0.4 is 0 Å². The van der Waals surface area contributed by atoms with Gasteiger partial charge >= 0.3 is 5.97 Å². The first-order valence-corrected chi connectivity index (χ1v) is 6.37. The van der Waals surface area contributed by atoms with Crippen LogP contribution in [0, 0.1) is 6.92 Å². The summed E-state index contributed by atoms with van der Waals surface area (Å²) in [5.41, 5.74) is 1.14. The van der Waals surface area contributed by atoms with Crippen LogP contribution in [0.25, 0.3) is 0 Å². The molecule has 19 heavy (non-hydrogen) atoms. The lowest BCUT2D eigenvalue weighted by molar-refractivity contribution is -0.143. The first kappa shape index (κ1) is 15.4. The van der Waals surface area contributed by atoms with Crippen molar-refractivity contribution in [2.24, 2.45) is 0 Å². The highest BCUT2D eigenvalue weighted by atomic mass is 35.5. The number of rotatable bonds is 5. The van der Waals surface area contributed by atoms with E-state index in [-0.39, 0.29) is 23.5 Å². The van der Waals surface area contributed by atoms with Gasteiger partial charge in [-0.25, -0.2) is 4.98 Å². The van der Waals surface area contributed by atoms with Crippen molar-refractivity contribution in [3.05, 3.63) is 28.5 Å².